The number of rotatable bonds is 5. The van der Waals surface area contributed by atoms with E-state index >= 15 is 0 Å². The minimum atomic E-state index is -1.00. The summed E-state index contributed by atoms with van der Waals surface area (Å²) in [5.41, 5.74) is 0. The summed E-state index contributed by atoms with van der Waals surface area (Å²) in [6.07, 6.45) is 5.84. The van der Waals surface area contributed by atoms with Gasteiger partial charge in [-0.15, -0.1) is 0 Å². The van der Waals surface area contributed by atoms with Gasteiger partial charge in [0.1, 0.15) is 6.61 Å². The third kappa shape index (κ3) is 4.04. The number of carboxylic acid groups (broad SMARTS) is 1. The van der Waals surface area contributed by atoms with Gasteiger partial charge in [0, 0.05) is 12.5 Å². The van der Waals surface area contributed by atoms with Crippen LogP contribution in [0.15, 0.2) is 12.2 Å². The van der Waals surface area contributed by atoms with E-state index in [1.807, 2.05) is 12.2 Å². The molecule has 2 aliphatic rings. The Balaban J connectivity index is 1.84. The van der Waals surface area contributed by atoms with Gasteiger partial charge in [0.15, 0.2) is 0 Å². The van der Waals surface area contributed by atoms with Gasteiger partial charge in [-0.05, 0) is 19.3 Å². The van der Waals surface area contributed by atoms with Crippen molar-refractivity contribution in [2.75, 3.05) is 19.8 Å². The Bertz CT molecular complexity index is 360. The van der Waals surface area contributed by atoms with Crippen molar-refractivity contribution in [3.05, 3.63) is 12.2 Å². The molecular formula is C13H19NO5. The third-order valence-corrected chi connectivity index (χ3v) is 3.42. The molecule has 2 N–H and O–H groups in total. The van der Waals surface area contributed by atoms with Gasteiger partial charge in [-0.2, -0.15) is 0 Å². The molecule has 0 radical (unpaired) electrons. The Labute approximate surface area is 111 Å². The summed E-state index contributed by atoms with van der Waals surface area (Å²) in [5.74, 6) is -1.02. The van der Waals surface area contributed by atoms with Crippen molar-refractivity contribution >= 4 is 11.9 Å². The molecule has 0 aromatic heterocycles. The molecule has 0 aromatic carbocycles. The van der Waals surface area contributed by atoms with Crippen LogP contribution >= 0.6 is 0 Å². The normalized spacial score (nSPS) is 27.4. The fraction of sp³-hybridized carbons (Fsp3) is 0.692. The maximum Gasteiger partial charge on any atom is 0.329 e. The molecule has 0 aromatic rings. The summed E-state index contributed by atoms with van der Waals surface area (Å²) in [6.45, 7) is 0.555. The first-order valence-electron chi connectivity index (χ1n) is 6.53. The quantitative estimate of drug-likeness (QED) is 0.702. The summed E-state index contributed by atoms with van der Waals surface area (Å²) in [7, 11) is 0. The highest BCUT2D eigenvalue weighted by molar-refractivity contribution is 5.79. The summed E-state index contributed by atoms with van der Waals surface area (Å²) in [4.78, 5) is 22.5. The van der Waals surface area contributed by atoms with Crippen LogP contribution in [-0.4, -0.2) is 48.9 Å². The van der Waals surface area contributed by atoms with Crippen LogP contribution in [0.4, 0.5) is 0 Å². The smallest absolute Gasteiger partial charge is 0.329 e. The number of hydrogen-bond donors (Lipinski definition) is 2. The third-order valence-electron chi connectivity index (χ3n) is 3.42. The number of allylic oxidation sites excluding steroid dienone is 2. The molecule has 106 valence electrons. The number of carbonyl (C=O) groups excluding carboxylic acids is 1. The average molecular weight is 269 g/mol. The van der Waals surface area contributed by atoms with Crippen molar-refractivity contribution in [2.24, 2.45) is 5.92 Å². The average Bonchev–Trinajstić information content (AvgIpc) is 2.91. The van der Waals surface area contributed by atoms with Gasteiger partial charge >= 0.3 is 5.97 Å². The SMILES string of the molecule is O=C(O)CO[C@H]1CCOC[C@H]1NC(=O)C1CC=CC1. The Morgan fingerprint density at radius 1 is 1.37 bits per heavy atom. The van der Waals surface area contributed by atoms with Gasteiger partial charge in [0.25, 0.3) is 0 Å². The molecule has 19 heavy (non-hydrogen) atoms. The number of ether oxygens (including phenoxy) is 2. The van der Waals surface area contributed by atoms with Gasteiger partial charge in [-0.1, -0.05) is 12.2 Å². The van der Waals surface area contributed by atoms with E-state index in [1.54, 1.807) is 0 Å². The molecule has 0 unspecified atom stereocenters. The largest absolute Gasteiger partial charge is 0.480 e. The zero-order chi connectivity index (χ0) is 13.7. The zero-order valence-electron chi connectivity index (χ0n) is 10.7. The highest BCUT2D eigenvalue weighted by Gasteiger charge is 2.30. The van der Waals surface area contributed by atoms with Crippen LogP contribution in [0.2, 0.25) is 0 Å². The minimum absolute atomic E-state index is 0.00979. The Kier molecular flexibility index (Phi) is 4.93. The predicted octanol–water partition coefficient (Wildman–Crippen LogP) is 0.327. The molecule has 6 heteroatoms. The molecule has 1 saturated heterocycles. The standard InChI is InChI=1S/C13H19NO5/c15-12(16)8-19-11-5-6-18-7-10(11)14-13(17)9-3-1-2-4-9/h1-2,9-11H,3-8H2,(H,14,17)(H,15,16)/t10-,11+/m1/s1. The molecule has 1 aliphatic carbocycles. The number of nitrogens with one attached hydrogen (secondary N) is 1. The van der Waals surface area contributed by atoms with Crippen molar-refractivity contribution in [1.82, 2.24) is 5.32 Å². The monoisotopic (exact) mass is 269 g/mol. The Hall–Kier alpha value is -1.40. The van der Waals surface area contributed by atoms with E-state index in [0.717, 1.165) is 12.8 Å². The first kappa shape index (κ1) is 14.0. The summed E-state index contributed by atoms with van der Waals surface area (Å²) >= 11 is 0. The van der Waals surface area contributed by atoms with Crippen LogP contribution in [-0.2, 0) is 19.1 Å². The van der Waals surface area contributed by atoms with Crippen molar-refractivity contribution in [2.45, 2.75) is 31.4 Å². The molecule has 6 nitrogen and oxygen atoms in total. The fourth-order valence-electron chi connectivity index (χ4n) is 2.36. The van der Waals surface area contributed by atoms with E-state index in [9.17, 15) is 9.59 Å². The zero-order valence-corrected chi connectivity index (χ0v) is 10.7. The highest BCUT2D eigenvalue weighted by Crippen LogP contribution is 2.19. The van der Waals surface area contributed by atoms with Crippen LogP contribution in [0.3, 0.4) is 0 Å². The summed E-state index contributed by atoms with van der Waals surface area (Å²) in [5, 5.41) is 11.5. The van der Waals surface area contributed by atoms with Crippen LogP contribution in [0.1, 0.15) is 19.3 Å². The Morgan fingerprint density at radius 3 is 2.79 bits per heavy atom. The van der Waals surface area contributed by atoms with Crippen molar-refractivity contribution in [3.8, 4) is 0 Å². The maximum absolute atomic E-state index is 12.0. The maximum atomic E-state index is 12.0. The molecule has 0 spiro atoms. The van der Waals surface area contributed by atoms with Gasteiger partial charge in [-0.3, -0.25) is 4.79 Å². The van der Waals surface area contributed by atoms with Gasteiger partial charge in [-0.25, -0.2) is 4.79 Å². The van der Waals surface area contributed by atoms with Crippen molar-refractivity contribution < 1.29 is 24.2 Å². The van der Waals surface area contributed by atoms with Gasteiger partial charge in [0.05, 0.1) is 18.8 Å². The van der Waals surface area contributed by atoms with Crippen LogP contribution < -0.4 is 5.32 Å². The summed E-state index contributed by atoms with van der Waals surface area (Å²) in [6, 6.07) is -0.263. The lowest BCUT2D eigenvalue weighted by Gasteiger charge is -2.32. The van der Waals surface area contributed by atoms with Crippen LogP contribution in [0.5, 0.6) is 0 Å². The van der Waals surface area contributed by atoms with E-state index in [4.69, 9.17) is 14.6 Å². The van der Waals surface area contributed by atoms with Crippen molar-refractivity contribution in [1.29, 1.82) is 0 Å². The molecule has 1 aliphatic heterocycles. The second kappa shape index (κ2) is 6.68. The number of amides is 1. The number of carboxylic acids is 1. The van der Waals surface area contributed by atoms with Gasteiger partial charge in [0.2, 0.25) is 5.91 Å². The van der Waals surface area contributed by atoms with Gasteiger partial charge < -0.3 is 19.9 Å². The number of hydrogen-bond acceptors (Lipinski definition) is 4. The molecule has 0 bridgehead atoms. The lowest BCUT2D eigenvalue weighted by molar-refractivity contribution is -0.148. The Morgan fingerprint density at radius 2 is 2.11 bits per heavy atom. The molecule has 0 saturated carbocycles. The number of aliphatic carboxylic acids is 1. The lowest BCUT2D eigenvalue weighted by atomic mass is 10.0. The number of carbonyl (C=O) groups is 2. The second-order valence-electron chi connectivity index (χ2n) is 4.86. The molecule has 1 amide bonds. The van der Waals surface area contributed by atoms with E-state index in [1.165, 1.54) is 0 Å². The van der Waals surface area contributed by atoms with Crippen LogP contribution in [0.25, 0.3) is 0 Å². The molecule has 2 atom stereocenters. The first-order chi connectivity index (χ1) is 9.16. The van der Waals surface area contributed by atoms with E-state index in [0.29, 0.717) is 19.6 Å². The second-order valence-corrected chi connectivity index (χ2v) is 4.86. The summed E-state index contributed by atoms with van der Waals surface area (Å²) < 4.78 is 10.6. The topological polar surface area (TPSA) is 84.9 Å². The first-order valence-corrected chi connectivity index (χ1v) is 6.53. The van der Waals surface area contributed by atoms with E-state index in [2.05, 4.69) is 5.32 Å². The molecule has 1 heterocycles. The van der Waals surface area contributed by atoms with Crippen molar-refractivity contribution in [3.63, 3.8) is 0 Å². The van der Waals surface area contributed by atoms with E-state index < -0.39 is 5.97 Å². The molecule has 1 fully saturated rings. The minimum Gasteiger partial charge on any atom is -0.480 e. The predicted molar refractivity (Wildman–Crippen MR) is 66.6 cm³/mol. The molecule has 2 rings (SSSR count). The van der Waals surface area contributed by atoms with Crippen LogP contribution in [0, 0.1) is 5.92 Å². The highest BCUT2D eigenvalue weighted by atomic mass is 16.5. The molecular weight excluding hydrogens is 250 g/mol. The van der Waals surface area contributed by atoms with E-state index in [-0.39, 0.29) is 30.6 Å². The lowest BCUT2D eigenvalue weighted by Crippen LogP contribution is -2.52. The fourth-order valence-corrected chi connectivity index (χ4v) is 2.36.